The van der Waals surface area contributed by atoms with E-state index in [1.807, 2.05) is 0 Å². The molecule has 0 bridgehead atoms. The molecule has 9 heteroatoms. The monoisotopic (exact) mass is 686 g/mol. The van der Waals surface area contributed by atoms with Crippen LogP contribution in [0.15, 0.2) is 73.3 Å². The molecule has 4 aromatic rings. The summed E-state index contributed by atoms with van der Waals surface area (Å²) in [5, 5.41) is 0. The van der Waals surface area contributed by atoms with E-state index in [9.17, 15) is 13.2 Å². The molecule has 4 aromatic carbocycles. The van der Waals surface area contributed by atoms with Crippen molar-refractivity contribution >= 4 is 0 Å². The van der Waals surface area contributed by atoms with Gasteiger partial charge in [-0.25, -0.2) is 26.3 Å². The normalized spacial score (nSPS) is 16.5. The van der Waals surface area contributed by atoms with Crippen molar-refractivity contribution in [3.8, 4) is 28.0 Å². The molecule has 5 rings (SSSR count). The lowest BCUT2D eigenvalue weighted by molar-refractivity contribution is -0.189. The summed E-state index contributed by atoms with van der Waals surface area (Å²) in [6.07, 6.45) is 6.02. The van der Waals surface area contributed by atoms with Gasteiger partial charge in [0.05, 0.1) is 0 Å². The highest BCUT2D eigenvalue weighted by Gasteiger charge is 2.41. The van der Waals surface area contributed by atoms with Gasteiger partial charge in [-0.3, -0.25) is 0 Å². The van der Waals surface area contributed by atoms with Crippen LogP contribution >= 0.6 is 0 Å². The van der Waals surface area contributed by atoms with Crippen LogP contribution in [-0.4, -0.2) is 0 Å². The Labute approximate surface area is 281 Å². The van der Waals surface area contributed by atoms with Gasteiger partial charge in [0.1, 0.15) is 46.2 Å². The number of rotatable bonds is 13. The Bertz CT molecular complexity index is 1750. The lowest BCUT2D eigenvalue weighted by Crippen LogP contribution is -2.25. The molecule has 0 radical (unpaired) electrons. The maximum Gasteiger partial charge on any atom is 0.432 e. The minimum Gasteiger partial charge on any atom is -0.429 e. The second-order valence-corrected chi connectivity index (χ2v) is 12.8. The van der Waals surface area contributed by atoms with Crippen LogP contribution < -0.4 is 4.74 Å². The molecule has 0 aliphatic heterocycles. The van der Waals surface area contributed by atoms with Gasteiger partial charge in [0, 0.05) is 22.8 Å². The molecule has 0 N–H and O–H groups in total. The van der Waals surface area contributed by atoms with E-state index in [1.165, 1.54) is 43.9 Å². The molecule has 1 fully saturated rings. The zero-order chi connectivity index (χ0) is 35.3. The highest BCUT2D eigenvalue weighted by molar-refractivity contribution is 5.67. The average molecular weight is 687 g/mol. The summed E-state index contributed by atoms with van der Waals surface area (Å²) in [7, 11) is 0. The summed E-state index contributed by atoms with van der Waals surface area (Å²) in [5.74, 6) is -7.05. The summed E-state index contributed by atoms with van der Waals surface area (Å²) >= 11 is 0. The van der Waals surface area contributed by atoms with E-state index in [2.05, 4.69) is 18.2 Å². The van der Waals surface area contributed by atoms with Gasteiger partial charge in [-0.15, -0.1) is 6.58 Å². The average Bonchev–Trinajstić information content (AvgIpc) is 3.04. The van der Waals surface area contributed by atoms with E-state index in [-0.39, 0.29) is 40.2 Å². The fourth-order valence-electron chi connectivity index (χ4n) is 6.73. The van der Waals surface area contributed by atoms with Crippen molar-refractivity contribution in [1.29, 1.82) is 0 Å². The molecule has 0 atom stereocenters. The maximum absolute atomic E-state index is 15.3. The number of halogens is 8. The molecule has 0 heterocycles. The van der Waals surface area contributed by atoms with E-state index >= 15 is 22.0 Å². The SMILES string of the molecule is C=CCCc1c(F)cc(-c2ccc(OC(F)(F)c3c(F)cc(-c4ccc(C5CCC(CCCCC)CC5)cc4F)cc3F)cc2F)cc1F. The Morgan fingerprint density at radius 3 is 1.84 bits per heavy atom. The number of allylic oxidation sites excluding steroid dienone is 1. The van der Waals surface area contributed by atoms with Crippen LogP contribution in [0.1, 0.15) is 87.3 Å². The first-order valence-corrected chi connectivity index (χ1v) is 16.7. The molecular formula is C40H38F8O. The second kappa shape index (κ2) is 15.6. The van der Waals surface area contributed by atoms with Gasteiger partial charge < -0.3 is 4.74 Å². The van der Waals surface area contributed by atoms with E-state index in [1.54, 1.807) is 6.07 Å². The van der Waals surface area contributed by atoms with E-state index < -0.39 is 52.3 Å². The summed E-state index contributed by atoms with van der Waals surface area (Å²) < 4.78 is 124. The first-order chi connectivity index (χ1) is 23.4. The molecule has 260 valence electrons. The molecule has 49 heavy (non-hydrogen) atoms. The lowest BCUT2D eigenvalue weighted by Gasteiger charge is -2.29. The predicted molar refractivity (Wildman–Crippen MR) is 175 cm³/mol. The topological polar surface area (TPSA) is 9.23 Å². The van der Waals surface area contributed by atoms with Crippen molar-refractivity contribution in [1.82, 2.24) is 0 Å². The molecular weight excluding hydrogens is 648 g/mol. The van der Waals surface area contributed by atoms with Gasteiger partial charge >= 0.3 is 6.11 Å². The highest BCUT2D eigenvalue weighted by Crippen LogP contribution is 2.41. The summed E-state index contributed by atoms with van der Waals surface area (Å²) in [6.45, 7) is 5.68. The minimum atomic E-state index is -4.61. The standard InChI is InChI=1S/C40H38F8O/c1-3-5-7-8-24-10-12-25(13-11-24)26-14-16-30(33(41)18-26)28-21-37(45)39(38(46)22-28)40(47,48)49-29-15-17-31(36(44)23-29)27-19-34(42)32(9-6-4-2)35(43)20-27/h4,14-25H,2-3,5-13H2,1H3. The van der Waals surface area contributed by atoms with Gasteiger partial charge in [-0.05, 0) is 110 Å². The molecule has 1 saturated carbocycles. The molecule has 0 aromatic heterocycles. The van der Waals surface area contributed by atoms with Gasteiger partial charge in [0.15, 0.2) is 0 Å². The summed E-state index contributed by atoms with van der Waals surface area (Å²) in [6, 6.07) is 9.84. The molecule has 0 unspecified atom stereocenters. The van der Waals surface area contributed by atoms with Crippen LogP contribution in [0.3, 0.4) is 0 Å². The second-order valence-electron chi connectivity index (χ2n) is 12.8. The molecule has 0 spiro atoms. The van der Waals surface area contributed by atoms with E-state index in [0.717, 1.165) is 55.5 Å². The number of unbranched alkanes of at least 4 members (excludes halogenated alkanes) is 2. The Kier molecular flexibility index (Phi) is 11.5. The third kappa shape index (κ3) is 8.36. The smallest absolute Gasteiger partial charge is 0.429 e. The number of hydrogen-bond donors (Lipinski definition) is 0. The Hall–Kier alpha value is -4.14. The third-order valence-corrected chi connectivity index (χ3v) is 9.41. The van der Waals surface area contributed by atoms with Crippen molar-refractivity contribution < 1.29 is 39.9 Å². The van der Waals surface area contributed by atoms with Gasteiger partial charge in [0.2, 0.25) is 0 Å². The Morgan fingerprint density at radius 1 is 0.714 bits per heavy atom. The number of ether oxygens (including phenoxy) is 1. The third-order valence-electron chi connectivity index (χ3n) is 9.41. The molecule has 1 aliphatic rings. The highest BCUT2D eigenvalue weighted by atomic mass is 19.3. The van der Waals surface area contributed by atoms with E-state index in [0.29, 0.717) is 30.5 Å². The van der Waals surface area contributed by atoms with Gasteiger partial charge in [-0.2, -0.15) is 8.78 Å². The van der Waals surface area contributed by atoms with Crippen LogP contribution in [0.25, 0.3) is 22.3 Å². The predicted octanol–water partition coefficient (Wildman–Crippen LogP) is 13.0. The maximum atomic E-state index is 15.3. The van der Waals surface area contributed by atoms with Crippen LogP contribution in [-0.2, 0) is 12.5 Å². The minimum absolute atomic E-state index is 0.0429. The van der Waals surface area contributed by atoms with Crippen LogP contribution in [0.2, 0.25) is 0 Å². The van der Waals surface area contributed by atoms with E-state index in [4.69, 9.17) is 0 Å². The fraction of sp³-hybridized carbons (Fsp3) is 0.350. The van der Waals surface area contributed by atoms with Crippen molar-refractivity contribution in [2.45, 2.75) is 83.2 Å². The number of benzene rings is 4. The van der Waals surface area contributed by atoms with Crippen molar-refractivity contribution in [2.75, 3.05) is 0 Å². The summed E-state index contributed by atoms with van der Waals surface area (Å²) in [4.78, 5) is 0. The fourth-order valence-corrected chi connectivity index (χ4v) is 6.73. The quantitative estimate of drug-likeness (QED) is 0.0773. The van der Waals surface area contributed by atoms with Crippen LogP contribution in [0.5, 0.6) is 5.75 Å². The zero-order valence-electron chi connectivity index (χ0n) is 27.2. The number of hydrogen-bond acceptors (Lipinski definition) is 1. The first kappa shape index (κ1) is 36.1. The Balaban J connectivity index is 1.30. The molecule has 0 saturated heterocycles. The molecule has 0 amide bonds. The van der Waals surface area contributed by atoms with Gasteiger partial charge in [0.25, 0.3) is 0 Å². The van der Waals surface area contributed by atoms with Crippen molar-refractivity contribution in [2.24, 2.45) is 5.92 Å². The largest absolute Gasteiger partial charge is 0.432 e. The molecule has 1 aliphatic carbocycles. The zero-order valence-corrected chi connectivity index (χ0v) is 27.2. The first-order valence-electron chi connectivity index (χ1n) is 16.7. The van der Waals surface area contributed by atoms with Crippen LogP contribution in [0.4, 0.5) is 35.1 Å². The molecule has 1 nitrogen and oxygen atoms in total. The van der Waals surface area contributed by atoms with Gasteiger partial charge in [-0.1, -0.05) is 50.8 Å². The Morgan fingerprint density at radius 2 is 1.29 bits per heavy atom. The van der Waals surface area contributed by atoms with Crippen molar-refractivity contribution in [3.05, 3.63) is 125 Å². The lowest BCUT2D eigenvalue weighted by atomic mass is 9.77. The summed E-state index contributed by atoms with van der Waals surface area (Å²) in [5.41, 5.74) is -2.08. The number of alkyl halides is 2. The van der Waals surface area contributed by atoms with Crippen molar-refractivity contribution in [3.63, 3.8) is 0 Å². The van der Waals surface area contributed by atoms with Crippen LogP contribution in [0, 0.1) is 40.8 Å².